The Bertz CT molecular complexity index is 945. The number of carbonyl (C=O) groups is 3. The molecule has 0 spiro atoms. The lowest BCUT2D eigenvalue weighted by Gasteiger charge is -2.31. The minimum absolute atomic E-state index is 0.0416. The minimum atomic E-state index is -0.565. The lowest BCUT2D eigenvalue weighted by molar-refractivity contribution is -0.136. The zero-order valence-electron chi connectivity index (χ0n) is 17.3. The maximum atomic E-state index is 12.9. The molecule has 1 N–H and O–H groups in total. The number of fused-ring (bicyclic) bond motifs is 3. The van der Waals surface area contributed by atoms with Crippen molar-refractivity contribution in [1.82, 2.24) is 14.8 Å². The largest absolute Gasteiger partial charge is 0.345 e. The fourth-order valence-corrected chi connectivity index (χ4v) is 4.26. The van der Waals surface area contributed by atoms with Crippen LogP contribution in [0.1, 0.15) is 44.7 Å². The van der Waals surface area contributed by atoms with E-state index >= 15 is 0 Å². The zero-order chi connectivity index (χ0) is 21.1. The van der Waals surface area contributed by atoms with Crippen LogP contribution in [0.15, 0.2) is 42.6 Å². The molecule has 1 aromatic heterocycles. The molecule has 0 bridgehead atoms. The van der Waals surface area contributed by atoms with Gasteiger partial charge in [-0.05, 0) is 50.5 Å². The highest BCUT2D eigenvalue weighted by Gasteiger charge is 2.27. The maximum absolute atomic E-state index is 12.9. The maximum Gasteiger partial charge on any atom is 0.244 e. The van der Waals surface area contributed by atoms with Gasteiger partial charge in [-0.2, -0.15) is 0 Å². The van der Waals surface area contributed by atoms with Crippen LogP contribution in [0.3, 0.4) is 0 Å². The topological polar surface area (TPSA) is 74.6 Å². The molecule has 1 atom stereocenters. The van der Waals surface area contributed by atoms with Crippen molar-refractivity contribution in [2.45, 2.75) is 51.6 Å². The predicted molar refractivity (Wildman–Crippen MR) is 114 cm³/mol. The molecular weight excluding hydrogens is 380 g/mol. The van der Waals surface area contributed by atoms with Crippen molar-refractivity contribution < 1.29 is 14.4 Å². The summed E-state index contributed by atoms with van der Waals surface area (Å²) in [6.07, 6.45) is 5.34. The van der Waals surface area contributed by atoms with E-state index in [0.29, 0.717) is 6.54 Å². The van der Waals surface area contributed by atoms with Crippen molar-refractivity contribution in [2.75, 3.05) is 18.0 Å². The summed E-state index contributed by atoms with van der Waals surface area (Å²) in [7, 11) is 0. The van der Waals surface area contributed by atoms with Crippen LogP contribution in [0.25, 0.3) is 5.69 Å². The molecule has 3 amide bonds. The molecule has 7 nitrogen and oxygen atoms in total. The van der Waals surface area contributed by atoms with E-state index in [4.69, 9.17) is 0 Å². The first kappa shape index (κ1) is 20.2. The van der Waals surface area contributed by atoms with Crippen LogP contribution in [0.2, 0.25) is 0 Å². The van der Waals surface area contributed by atoms with Crippen LogP contribution < -0.4 is 10.2 Å². The normalized spacial score (nSPS) is 16.4. The van der Waals surface area contributed by atoms with E-state index in [1.165, 1.54) is 0 Å². The SMILES string of the molecule is CC(NC(=O)CCC(=O)N1Cc2cccn2-c2ccccc21)C(=O)N1CCCCC1. The first-order valence-corrected chi connectivity index (χ1v) is 10.7. The molecule has 2 aliphatic heterocycles. The lowest BCUT2D eigenvalue weighted by atomic mass is 10.1. The van der Waals surface area contributed by atoms with E-state index in [0.717, 1.165) is 49.4 Å². The van der Waals surface area contributed by atoms with Crippen molar-refractivity contribution in [3.05, 3.63) is 48.3 Å². The van der Waals surface area contributed by atoms with Crippen LogP contribution >= 0.6 is 0 Å². The first-order chi connectivity index (χ1) is 14.5. The van der Waals surface area contributed by atoms with Gasteiger partial charge in [-0.3, -0.25) is 14.4 Å². The number of rotatable bonds is 5. The van der Waals surface area contributed by atoms with E-state index in [2.05, 4.69) is 9.88 Å². The molecule has 4 rings (SSSR count). The lowest BCUT2D eigenvalue weighted by Crippen LogP contribution is -2.48. The summed E-state index contributed by atoms with van der Waals surface area (Å²) >= 11 is 0. The third-order valence-electron chi connectivity index (χ3n) is 5.87. The van der Waals surface area contributed by atoms with E-state index < -0.39 is 6.04 Å². The molecule has 7 heteroatoms. The van der Waals surface area contributed by atoms with Crippen LogP contribution in [-0.2, 0) is 20.9 Å². The van der Waals surface area contributed by atoms with E-state index in [1.807, 2.05) is 47.5 Å². The molecule has 2 aliphatic rings. The second kappa shape index (κ2) is 8.73. The summed E-state index contributed by atoms with van der Waals surface area (Å²) in [4.78, 5) is 41.3. The third kappa shape index (κ3) is 4.10. The van der Waals surface area contributed by atoms with Gasteiger partial charge in [-0.25, -0.2) is 0 Å². The number of likely N-dealkylation sites (tertiary alicyclic amines) is 1. The van der Waals surface area contributed by atoms with Crippen molar-refractivity contribution in [3.63, 3.8) is 0 Å². The summed E-state index contributed by atoms with van der Waals surface area (Å²) in [5.74, 6) is -0.407. The molecule has 1 fully saturated rings. The quantitative estimate of drug-likeness (QED) is 0.826. The van der Waals surface area contributed by atoms with Crippen LogP contribution in [-0.4, -0.2) is 46.3 Å². The Balaban J connectivity index is 1.33. The predicted octanol–water partition coefficient (Wildman–Crippen LogP) is 2.62. The Morgan fingerprint density at radius 1 is 0.967 bits per heavy atom. The average Bonchev–Trinajstić information content (AvgIpc) is 3.26. The summed E-state index contributed by atoms with van der Waals surface area (Å²) in [5.41, 5.74) is 2.84. The molecule has 1 saturated heterocycles. The van der Waals surface area contributed by atoms with Gasteiger partial charge >= 0.3 is 0 Å². The molecule has 0 saturated carbocycles. The number of nitrogens with one attached hydrogen (secondary N) is 1. The molecule has 1 aromatic carbocycles. The Kier molecular flexibility index (Phi) is 5.88. The second-order valence-electron chi connectivity index (χ2n) is 8.01. The van der Waals surface area contributed by atoms with Gasteiger partial charge < -0.3 is 19.7 Å². The summed E-state index contributed by atoms with van der Waals surface area (Å²) in [5, 5.41) is 2.76. The highest BCUT2D eigenvalue weighted by molar-refractivity contribution is 5.98. The van der Waals surface area contributed by atoms with Gasteiger partial charge in [0.15, 0.2) is 0 Å². The number of carbonyl (C=O) groups excluding carboxylic acids is 3. The van der Waals surface area contributed by atoms with Gasteiger partial charge in [0.2, 0.25) is 17.7 Å². The number of benzene rings is 1. The van der Waals surface area contributed by atoms with Gasteiger partial charge in [0.1, 0.15) is 6.04 Å². The van der Waals surface area contributed by atoms with Crippen molar-refractivity contribution in [3.8, 4) is 5.69 Å². The summed E-state index contributed by atoms with van der Waals surface area (Å²) in [6.45, 7) is 3.71. The zero-order valence-corrected chi connectivity index (χ0v) is 17.3. The highest BCUT2D eigenvalue weighted by Crippen LogP contribution is 2.32. The van der Waals surface area contributed by atoms with Gasteiger partial charge in [-0.1, -0.05) is 12.1 Å². The number of hydrogen-bond acceptors (Lipinski definition) is 3. The molecule has 158 valence electrons. The smallest absolute Gasteiger partial charge is 0.244 e. The van der Waals surface area contributed by atoms with E-state index in [1.54, 1.807) is 11.8 Å². The van der Waals surface area contributed by atoms with Gasteiger partial charge in [-0.15, -0.1) is 0 Å². The standard InChI is InChI=1S/C23H28N4O3/c1-17(23(30)25-13-5-2-6-14-25)24-21(28)11-12-22(29)27-16-18-8-7-15-26(18)19-9-3-4-10-20(19)27/h3-4,7-10,15,17H,2,5-6,11-14,16H2,1H3,(H,24,28). The number of piperidine rings is 1. The van der Waals surface area contributed by atoms with Crippen molar-refractivity contribution >= 4 is 23.4 Å². The number of nitrogens with zero attached hydrogens (tertiary/aromatic N) is 3. The average molecular weight is 409 g/mol. The molecule has 3 heterocycles. The van der Waals surface area contributed by atoms with Crippen LogP contribution in [0, 0.1) is 0 Å². The Hall–Kier alpha value is -3.09. The Labute approximate surface area is 176 Å². The number of para-hydroxylation sites is 2. The van der Waals surface area contributed by atoms with E-state index in [9.17, 15) is 14.4 Å². The first-order valence-electron chi connectivity index (χ1n) is 10.7. The molecular formula is C23H28N4O3. The third-order valence-corrected chi connectivity index (χ3v) is 5.87. The van der Waals surface area contributed by atoms with Crippen molar-refractivity contribution in [2.24, 2.45) is 0 Å². The van der Waals surface area contributed by atoms with Gasteiger partial charge in [0.05, 0.1) is 17.9 Å². The number of anilines is 1. The summed E-state index contributed by atoms with van der Waals surface area (Å²) in [6, 6.07) is 11.2. The Morgan fingerprint density at radius 3 is 2.47 bits per heavy atom. The minimum Gasteiger partial charge on any atom is -0.345 e. The van der Waals surface area contributed by atoms with Crippen LogP contribution in [0.4, 0.5) is 5.69 Å². The number of amides is 3. The number of hydrogen-bond donors (Lipinski definition) is 1. The fraction of sp³-hybridized carbons (Fsp3) is 0.435. The van der Waals surface area contributed by atoms with Gasteiger partial charge in [0.25, 0.3) is 0 Å². The number of aromatic nitrogens is 1. The van der Waals surface area contributed by atoms with Gasteiger partial charge in [0, 0.05) is 37.8 Å². The molecule has 1 unspecified atom stereocenters. The summed E-state index contributed by atoms with van der Waals surface area (Å²) < 4.78 is 2.08. The molecule has 2 aromatic rings. The second-order valence-corrected chi connectivity index (χ2v) is 8.01. The molecule has 0 radical (unpaired) electrons. The monoisotopic (exact) mass is 408 g/mol. The molecule has 0 aliphatic carbocycles. The molecule has 30 heavy (non-hydrogen) atoms. The van der Waals surface area contributed by atoms with Crippen LogP contribution in [0.5, 0.6) is 0 Å². The van der Waals surface area contributed by atoms with E-state index in [-0.39, 0.29) is 30.6 Å². The Morgan fingerprint density at radius 2 is 1.70 bits per heavy atom. The van der Waals surface area contributed by atoms with Crippen molar-refractivity contribution in [1.29, 1.82) is 0 Å². The highest BCUT2D eigenvalue weighted by atomic mass is 16.2. The fourth-order valence-electron chi connectivity index (χ4n) is 4.26.